The Morgan fingerprint density at radius 1 is 1.15 bits per heavy atom. The number of nitrogens with two attached hydrogens (primary N) is 1. The molecule has 5 nitrogen and oxygen atoms in total. The van der Waals surface area contributed by atoms with Crippen molar-refractivity contribution in [3.05, 3.63) is 0 Å². The lowest BCUT2D eigenvalue weighted by Gasteiger charge is -2.29. The predicted molar refractivity (Wildman–Crippen MR) is 84.1 cm³/mol. The van der Waals surface area contributed by atoms with Crippen LogP contribution in [0, 0.1) is 5.92 Å². The average Bonchev–Trinajstić information content (AvgIpc) is 2.60. The van der Waals surface area contributed by atoms with Crippen molar-refractivity contribution in [1.29, 1.82) is 0 Å². The number of nitrogens with zero attached hydrogens (tertiary/aromatic N) is 2. The van der Waals surface area contributed by atoms with Crippen molar-refractivity contribution < 1.29 is 8.42 Å². The molecular weight excluding hydrogens is 274 g/mol. The molecule has 0 bridgehead atoms. The second-order valence-electron chi connectivity index (χ2n) is 6.10. The fourth-order valence-corrected chi connectivity index (χ4v) is 4.74. The second-order valence-corrected chi connectivity index (χ2v) is 8.11. The molecule has 0 amide bonds. The van der Waals surface area contributed by atoms with Gasteiger partial charge in [-0.15, -0.1) is 0 Å². The zero-order chi connectivity index (χ0) is 15.2. The summed E-state index contributed by atoms with van der Waals surface area (Å²) in [4.78, 5) is 2.41. The Morgan fingerprint density at radius 2 is 1.85 bits per heavy atom. The van der Waals surface area contributed by atoms with E-state index in [4.69, 9.17) is 5.73 Å². The molecule has 1 atom stereocenters. The molecule has 1 aliphatic rings. The fourth-order valence-electron chi connectivity index (χ4n) is 2.92. The number of sulfonamides is 1. The van der Waals surface area contributed by atoms with Crippen LogP contribution in [0.15, 0.2) is 0 Å². The van der Waals surface area contributed by atoms with Gasteiger partial charge in [-0.2, -0.15) is 0 Å². The van der Waals surface area contributed by atoms with Crippen LogP contribution in [-0.4, -0.2) is 62.1 Å². The van der Waals surface area contributed by atoms with Crippen molar-refractivity contribution in [1.82, 2.24) is 9.21 Å². The molecule has 2 N–H and O–H groups in total. The molecule has 0 spiro atoms. The second kappa shape index (κ2) is 8.32. The topological polar surface area (TPSA) is 66.6 Å². The van der Waals surface area contributed by atoms with Crippen molar-refractivity contribution in [3.8, 4) is 0 Å². The van der Waals surface area contributed by atoms with Gasteiger partial charge in [0.05, 0.1) is 5.75 Å². The number of hydrogen-bond acceptors (Lipinski definition) is 4. The third-order valence-electron chi connectivity index (χ3n) is 3.91. The Morgan fingerprint density at radius 3 is 2.40 bits per heavy atom. The number of hydrogen-bond donors (Lipinski definition) is 1. The lowest BCUT2D eigenvalue weighted by atomic mass is 10.1. The van der Waals surface area contributed by atoms with Crippen LogP contribution in [0.3, 0.4) is 0 Å². The van der Waals surface area contributed by atoms with E-state index in [-0.39, 0.29) is 11.7 Å². The molecule has 20 heavy (non-hydrogen) atoms. The van der Waals surface area contributed by atoms with Crippen LogP contribution < -0.4 is 5.73 Å². The summed E-state index contributed by atoms with van der Waals surface area (Å²) in [7, 11) is -3.09. The summed E-state index contributed by atoms with van der Waals surface area (Å²) < 4.78 is 26.3. The summed E-state index contributed by atoms with van der Waals surface area (Å²) in [6, 6.07) is 0.493. The maximum Gasteiger partial charge on any atom is 0.214 e. The van der Waals surface area contributed by atoms with Crippen molar-refractivity contribution in [2.24, 2.45) is 11.7 Å². The maximum atomic E-state index is 12.3. The molecule has 0 aromatic rings. The van der Waals surface area contributed by atoms with Gasteiger partial charge < -0.3 is 5.73 Å². The molecule has 1 fully saturated rings. The first-order valence-electron chi connectivity index (χ1n) is 7.82. The van der Waals surface area contributed by atoms with Gasteiger partial charge in [0.1, 0.15) is 0 Å². The van der Waals surface area contributed by atoms with E-state index in [1.54, 1.807) is 4.31 Å². The SMILES string of the molecule is CCC(CCN)N1CCCN(S(=O)(=O)CC(C)C)CC1. The Kier molecular flexibility index (Phi) is 7.43. The lowest BCUT2D eigenvalue weighted by molar-refractivity contribution is 0.192. The Hall–Kier alpha value is -0.170. The first kappa shape index (κ1) is 17.9. The molecule has 1 rings (SSSR count). The smallest absolute Gasteiger partial charge is 0.214 e. The van der Waals surface area contributed by atoms with Gasteiger partial charge in [0.25, 0.3) is 0 Å². The molecule has 1 heterocycles. The van der Waals surface area contributed by atoms with E-state index < -0.39 is 10.0 Å². The molecule has 0 aromatic heterocycles. The lowest BCUT2D eigenvalue weighted by Crippen LogP contribution is -2.41. The third kappa shape index (κ3) is 5.31. The maximum absolute atomic E-state index is 12.3. The highest BCUT2D eigenvalue weighted by Gasteiger charge is 2.27. The van der Waals surface area contributed by atoms with Crippen LogP contribution in [0.1, 0.15) is 40.0 Å². The van der Waals surface area contributed by atoms with E-state index >= 15 is 0 Å². The van der Waals surface area contributed by atoms with Gasteiger partial charge in [-0.25, -0.2) is 12.7 Å². The monoisotopic (exact) mass is 305 g/mol. The van der Waals surface area contributed by atoms with Crippen LogP contribution >= 0.6 is 0 Å². The van der Waals surface area contributed by atoms with Crippen molar-refractivity contribution in [2.75, 3.05) is 38.5 Å². The highest BCUT2D eigenvalue weighted by molar-refractivity contribution is 7.89. The highest BCUT2D eigenvalue weighted by Crippen LogP contribution is 2.15. The predicted octanol–water partition coefficient (Wildman–Crippen LogP) is 1.11. The fraction of sp³-hybridized carbons (Fsp3) is 1.00. The minimum Gasteiger partial charge on any atom is -0.330 e. The number of rotatable bonds is 7. The van der Waals surface area contributed by atoms with Gasteiger partial charge >= 0.3 is 0 Å². The molecule has 1 unspecified atom stereocenters. The van der Waals surface area contributed by atoms with Crippen molar-refractivity contribution in [3.63, 3.8) is 0 Å². The summed E-state index contributed by atoms with van der Waals surface area (Å²) in [5.74, 6) is 0.437. The van der Waals surface area contributed by atoms with E-state index in [0.29, 0.717) is 25.7 Å². The van der Waals surface area contributed by atoms with Crippen LogP contribution in [0.2, 0.25) is 0 Å². The summed E-state index contributed by atoms with van der Waals surface area (Å²) in [5.41, 5.74) is 5.67. The molecule has 0 aliphatic carbocycles. The van der Waals surface area contributed by atoms with Gasteiger partial charge in [0.15, 0.2) is 0 Å². The van der Waals surface area contributed by atoms with Crippen molar-refractivity contribution in [2.45, 2.75) is 46.1 Å². The first-order valence-corrected chi connectivity index (χ1v) is 9.43. The zero-order valence-corrected chi connectivity index (χ0v) is 14.0. The molecule has 1 aliphatic heterocycles. The molecule has 120 valence electrons. The Labute approximate surface area is 124 Å². The van der Waals surface area contributed by atoms with Crippen LogP contribution in [-0.2, 0) is 10.0 Å². The van der Waals surface area contributed by atoms with E-state index in [9.17, 15) is 8.42 Å². The van der Waals surface area contributed by atoms with Crippen LogP contribution in [0.25, 0.3) is 0 Å². The van der Waals surface area contributed by atoms with E-state index in [0.717, 1.165) is 32.4 Å². The average molecular weight is 305 g/mol. The van der Waals surface area contributed by atoms with Gasteiger partial charge in [0, 0.05) is 25.7 Å². The first-order chi connectivity index (χ1) is 9.40. The van der Waals surface area contributed by atoms with Gasteiger partial charge in [0.2, 0.25) is 10.0 Å². The van der Waals surface area contributed by atoms with Gasteiger partial charge in [-0.3, -0.25) is 4.90 Å². The Bertz CT molecular complexity index is 371. The summed E-state index contributed by atoms with van der Waals surface area (Å²) in [6.07, 6.45) is 2.99. The third-order valence-corrected chi connectivity index (χ3v) is 6.15. The standard InChI is InChI=1S/C14H31N3O2S/c1-4-14(6-7-15)16-8-5-9-17(11-10-16)20(18,19)12-13(2)3/h13-14H,4-12,15H2,1-3H3. The summed E-state index contributed by atoms with van der Waals surface area (Å²) >= 11 is 0. The highest BCUT2D eigenvalue weighted by atomic mass is 32.2. The minimum atomic E-state index is -3.09. The minimum absolute atomic E-state index is 0.181. The van der Waals surface area contributed by atoms with Crippen molar-refractivity contribution >= 4 is 10.0 Å². The quantitative estimate of drug-likeness (QED) is 0.765. The Balaban J connectivity index is 2.63. The summed E-state index contributed by atoms with van der Waals surface area (Å²) in [6.45, 7) is 9.87. The van der Waals surface area contributed by atoms with Crippen LogP contribution in [0.5, 0.6) is 0 Å². The normalized spacial score (nSPS) is 21.1. The van der Waals surface area contributed by atoms with Gasteiger partial charge in [-0.05, 0) is 38.3 Å². The van der Waals surface area contributed by atoms with Gasteiger partial charge in [-0.1, -0.05) is 20.8 Å². The summed E-state index contributed by atoms with van der Waals surface area (Å²) in [5, 5.41) is 0. The van der Waals surface area contributed by atoms with E-state index in [2.05, 4.69) is 11.8 Å². The largest absolute Gasteiger partial charge is 0.330 e. The molecule has 0 saturated carbocycles. The zero-order valence-electron chi connectivity index (χ0n) is 13.2. The van der Waals surface area contributed by atoms with Crippen LogP contribution in [0.4, 0.5) is 0 Å². The van der Waals surface area contributed by atoms with E-state index in [1.807, 2.05) is 13.8 Å². The molecule has 0 radical (unpaired) electrons. The molecular formula is C14H31N3O2S. The molecule has 0 aromatic carbocycles. The molecule has 6 heteroatoms. The molecule has 1 saturated heterocycles. The van der Waals surface area contributed by atoms with E-state index in [1.165, 1.54) is 0 Å².